The van der Waals surface area contributed by atoms with Gasteiger partial charge in [0.05, 0.1) is 17.3 Å². The molecular weight excluding hydrogens is 268 g/mol. The van der Waals surface area contributed by atoms with E-state index in [0.29, 0.717) is 10.8 Å². The van der Waals surface area contributed by atoms with Gasteiger partial charge in [-0.2, -0.15) is 0 Å². The minimum atomic E-state index is 0.0259. The lowest BCUT2D eigenvalue weighted by Gasteiger charge is -2.18. The van der Waals surface area contributed by atoms with Gasteiger partial charge >= 0.3 is 0 Å². The Balaban J connectivity index is 2.36. The molecule has 20 heavy (non-hydrogen) atoms. The van der Waals surface area contributed by atoms with Crippen LogP contribution in [-0.4, -0.2) is 15.0 Å². The summed E-state index contributed by atoms with van der Waals surface area (Å²) in [5.74, 6) is 0.716. The van der Waals surface area contributed by atoms with Gasteiger partial charge in [-0.25, -0.2) is 4.98 Å². The Morgan fingerprint density at radius 3 is 2.70 bits per heavy atom. The first-order chi connectivity index (χ1) is 9.49. The van der Waals surface area contributed by atoms with Crippen LogP contribution in [0.15, 0.2) is 30.5 Å². The lowest BCUT2D eigenvalue weighted by atomic mass is 10.1. The second kappa shape index (κ2) is 5.96. The van der Waals surface area contributed by atoms with Crippen molar-refractivity contribution in [2.45, 2.75) is 26.8 Å². The topological polar surface area (TPSA) is 63.8 Å². The largest absolute Gasteiger partial charge is 0.389 e. The first kappa shape index (κ1) is 14.4. The standard InChI is InChI=1S/C15H18N4S/c1-9-8-10(2)18-15(13(9)14(16)20)19-11(3)12-6-4-5-7-17-12/h4-8,11H,1-3H3,(H2,16,20)(H,18,19). The number of nitrogens with zero attached hydrogens (tertiary/aromatic N) is 2. The fourth-order valence-corrected chi connectivity index (χ4v) is 2.42. The van der Waals surface area contributed by atoms with E-state index in [2.05, 4.69) is 15.3 Å². The molecule has 0 saturated carbocycles. The summed E-state index contributed by atoms with van der Waals surface area (Å²) in [6.07, 6.45) is 1.77. The third-order valence-electron chi connectivity index (χ3n) is 3.08. The fraction of sp³-hybridized carbons (Fsp3) is 0.267. The second-order valence-corrected chi connectivity index (χ2v) is 5.23. The maximum atomic E-state index is 5.82. The Hall–Kier alpha value is -2.01. The lowest BCUT2D eigenvalue weighted by Crippen LogP contribution is -2.18. The van der Waals surface area contributed by atoms with Crippen molar-refractivity contribution in [3.8, 4) is 0 Å². The molecule has 0 aliphatic carbocycles. The van der Waals surface area contributed by atoms with Crippen LogP contribution in [0.5, 0.6) is 0 Å². The number of hydrogen-bond donors (Lipinski definition) is 2. The molecule has 0 amide bonds. The fourth-order valence-electron chi connectivity index (χ4n) is 2.16. The van der Waals surface area contributed by atoms with E-state index < -0.39 is 0 Å². The van der Waals surface area contributed by atoms with Crippen molar-refractivity contribution in [2.24, 2.45) is 5.73 Å². The van der Waals surface area contributed by atoms with Gasteiger partial charge in [0, 0.05) is 11.9 Å². The predicted octanol–water partition coefficient (Wildman–Crippen LogP) is 2.90. The number of hydrogen-bond acceptors (Lipinski definition) is 4. The Morgan fingerprint density at radius 2 is 2.10 bits per heavy atom. The molecule has 0 aliphatic rings. The molecule has 3 N–H and O–H groups in total. The van der Waals surface area contributed by atoms with Gasteiger partial charge in [-0.1, -0.05) is 18.3 Å². The van der Waals surface area contributed by atoms with Gasteiger partial charge < -0.3 is 11.1 Å². The molecule has 2 heterocycles. The van der Waals surface area contributed by atoms with E-state index in [1.807, 2.05) is 45.0 Å². The number of aryl methyl sites for hydroxylation is 2. The van der Waals surface area contributed by atoms with E-state index in [0.717, 1.165) is 22.5 Å². The van der Waals surface area contributed by atoms with E-state index in [1.165, 1.54) is 0 Å². The summed E-state index contributed by atoms with van der Waals surface area (Å²) in [4.78, 5) is 9.21. The predicted molar refractivity (Wildman–Crippen MR) is 85.9 cm³/mol. The molecular formula is C15H18N4S. The van der Waals surface area contributed by atoms with E-state index >= 15 is 0 Å². The van der Waals surface area contributed by atoms with Crippen LogP contribution in [0.25, 0.3) is 0 Å². The van der Waals surface area contributed by atoms with Crippen LogP contribution in [0.4, 0.5) is 5.82 Å². The Kier molecular flexibility index (Phi) is 4.29. The smallest absolute Gasteiger partial charge is 0.137 e. The molecule has 0 radical (unpaired) electrons. The second-order valence-electron chi connectivity index (χ2n) is 4.79. The van der Waals surface area contributed by atoms with Crippen LogP contribution in [0.3, 0.4) is 0 Å². The normalized spacial score (nSPS) is 11.9. The highest BCUT2D eigenvalue weighted by Gasteiger charge is 2.14. The summed E-state index contributed by atoms with van der Waals surface area (Å²) in [5, 5.41) is 3.35. The maximum absolute atomic E-state index is 5.82. The summed E-state index contributed by atoms with van der Waals surface area (Å²) in [6.45, 7) is 5.97. The van der Waals surface area contributed by atoms with Crippen molar-refractivity contribution >= 4 is 23.0 Å². The number of rotatable bonds is 4. The van der Waals surface area contributed by atoms with Gasteiger partial charge in [0.2, 0.25) is 0 Å². The van der Waals surface area contributed by atoms with Crippen molar-refractivity contribution < 1.29 is 0 Å². The van der Waals surface area contributed by atoms with Crippen LogP contribution >= 0.6 is 12.2 Å². The molecule has 0 aliphatic heterocycles. The lowest BCUT2D eigenvalue weighted by molar-refractivity contribution is 0.829. The molecule has 0 bridgehead atoms. The van der Waals surface area contributed by atoms with Crippen molar-refractivity contribution in [2.75, 3.05) is 5.32 Å². The summed E-state index contributed by atoms with van der Waals surface area (Å²) < 4.78 is 0. The van der Waals surface area contributed by atoms with Crippen molar-refractivity contribution in [1.82, 2.24) is 9.97 Å². The Bertz CT molecular complexity index is 625. The number of nitrogens with two attached hydrogens (primary N) is 1. The van der Waals surface area contributed by atoms with Crippen LogP contribution in [0.2, 0.25) is 0 Å². The van der Waals surface area contributed by atoms with Crippen molar-refractivity contribution in [1.29, 1.82) is 0 Å². The monoisotopic (exact) mass is 286 g/mol. The van der Waals surface area contributed by atoms with Gasteiger partial charge in [-0.05, 0) is 44.5 Å². The number of thiocarbonyl (C=S) groups is 1. The maximum Gasteiger partial charge on any atom is 0.137 e. The molecule has 2 rings (SSSR count). The molecule has 2 aromatic heterocycles. The van der Waals surface area contributed by atoms with Gasteiger partial charge in [0.15, 0.2) is 0 Å². The van der Waals surface area contributed by atoms with E-state index in [1.54, 1.807) is 6.20 Å². The summed E-state index contributed by atoms with van der Waals surface area (Å²) in [7, 11) is 0. The number of nitrogens with one attached hydrogen (secondary N) is 1. The van der Waals surface area contributed by atoms with Crippen molar-refractivity contribution in [3.05, 3.63) is 53.0 Å². The zero-order chi connectivity index (χ0) is 14.7. The molecule has 0 spiro atoms. The highest BCUT2D eigenvalue weighted by Crippen LogP contribution is 2.23. The van der Waals surface area contributed by atoms with E-state index in [9.17, 15) is 0 Å². The molecule has 5 heteroatoms. The SMILES string of the molecule is Cc1cc(C)c(C(N)=S)c(NC(C)c2ccccn2)n1. The average molecular weight is 286 g/mol. The highest BCUT2D eigenvalue weighted by molar-refractivity contribution is 7.80. The quantitative estimate of drug-likeness (QED) is 0.846. The highest BCUT2D eigenvalue weighted by atomic mass is 32.1. The molecule has 2 aromatic rings. The summed E-state index contributed by atoms with van der Waals surface area (Å²) in [6, 6.07) is 7.83. The first-order valence-electron chi connectivity index (χ1n) is 6.44. The number of aromatic nitrogens is 2. The number of pyridine rings is 2. The van der Waals surface area contributed by atoms with Crippen molar-refractivity contribution in [3.63, 3.8) is 0 Å². The van der Waals surface area contributed by atoms with E-state index in [-0.39, 0.29) is 6.04 Å². The van der Waals surface area contributed by atoms with Crippen LogP contribution in [0.1, 0.15) is 35.5 Å². The summed E-state index contributed by atoms with van der Waals surface area (Å²) in [5.41, 5.74) is 9.52. The molecule has 4 nitrogen and oxygen atoms in total. The minimum Gasteiger partial charge on any atom is -0.389 e. The molecule has 0 aromatic carbocycles. The Morgan fingerprint density at radius 1 is 1.35 bits per heavy atom. The van der Waals surface area contributed by atoms with Crippen LogP contribution in [0, 0.1) is 13.8 Å². The summed E-state index contributed by atoms with van der Waals surface area (Å²) >= 11 is 5.13. The van der Waals surface area contributed by atoms with Crippen LogP contribution in [-0.2, 0) is 0 Å². The molecule has 0 fully saturated rings. The molecule has 0 saturated heterocycles. The molecule has 104 valence electrons. The molecule has 1 atom stereocenters. The van der Waals surface area contributed by atoms with Crippen LogP contribution < -0.4 is 11.1 Å². The minimum absolute atomic E-state index is 0.0259. The number of anilines is 1. The third kappa shape index (κ3) is 3.11. The Labute approximate surface area is 124 Å². The first-order valence-corrected chi connectivity index (χ1v) is 6.85. The van der Waals surface area contributed by atoms with Gasteiger partial charge in [0.1, 0.15) is 10.8 Å². The van der Waals surface area contributed by atoms with Gasteiger partial charge in [-0.3, -0.25) is 4.98 Å². The molecule has 1 unspecified atom stereocenters. The van der Waals surface area contributed by atoms with Gasteiger partial charge in [-0.15, -0.1) is 0 Å². The average Bonchev–Trinajstić information content (AvgIpc) is 2.38. The zero-order valence-corrected chi connectivity index (χ0v) is 12.7. The van der Waals surface area contributed by atoms with Gasteiger partial charge in [0.25, 0.3) is 0 Å². The zero-order valence-electron chi connectivity index (χ0n) is 11.8. The van der Waals surface area contributed by atoms with E-state index in [4.69, 9.17) is 18.0 Å². The third-order valence-corrected chi connectivity index (χ3v) is 3.28.